The van der Waals surface area contributed by atoms with Crippen molar-refractivity contribution in [2.75, 3.05) is 0 Å². The van der Waals surface area contributed by atoms with Crippen LogP contribution in [0.5, 0.6) is 0 Å². The van der Waals surface area contributed by atoms with Crippen molar-refractivity contribution in [3.8, 4) is 0 Å². The van der Waals surface area contributed by atoms with Crippen LogP contribution in [0.2, 0.25) is 0 Å². The molecule has 0 rings (SSSR count). The van der Waals surface area contributed by atoms with E-state index in [1.165, 1.54) is 0 Å². The molecule has 0 unspecified atom stereocenters. The molecule has 52 valence electrons. The van der Waals surface area contributed by atoms with Gasteiger partial charge in [0.1, 0.15) is 7.91 Å². The van der Waals surface area contributed by atoms with Crippen LogP contribution in [0.4, 0.5) is 4.20 Å². The molecule has 7 heavy (non-hydrogen) atoms. The van der Waals surface area contributed by atoms with Crippen molar-refractivity contribution in [3.63, 3.8) is 0 Å². The van der Waals surface area contributed by atoms with Gasteiger partial charge in [-0.2, -0.15) is 0 Å². The van der Waals surface area contributed by atoms with Gasteiger partial charge in [-0.1, -0.05) is 0 Å². The van der Waals surface area contributed by atoms with Crippen LogP contribution in [-0.2, 0) is 38.7 Å². The van der Waals surface area contributed by atoms with E-state index in [1.807, 2.05) is 0 Å². The molecule has 0 aliphatic rings. The summed E-state index contributed by atoms with van der Waals surface area (Å²) in [4.78, 5) is 16.9. The van der Waals surface area contributed by atoms with Gasteiger partial charge in [0.05, 0.1) is 0 Å². The molecule has 0 aliphatic carbocycles. The average molecular weight is 225 g/mol. The predicted octanol–water partition coefficient (Wildman–Crippen LogP) is -1.22. The molecule has 0 aromatic heterocycles. The monoisotopic (exact) mass is 224 g/mol. The quantitative estimate of drug-likeness (QED) is 0.383. The first kappa shape index (κ1) is 15.7. The Hall–Kier alpha value is 1.12. The molecule has 0 bridgehead atoms. The molecule has 0 atom stereocenters. The summed E-state index contributed by atoms with van der Waals surface area (Å²) in [6, 6.07) is 0. The van der Waals surface area contributed by atoms with Crippen molar-refractivity contribution < 1.29 is 52.7 Å². The smallest absolute Gasteiger partial charge is 0.786 e. The van der Waals surface area contributed by atoms with Crippen molar-refractivity contribution in [1.82, 2.24) is 0 Å². The minimum absolute atomic E-state index is 0. The Morgan fingerprint density at radius 1 is 1.29 bits per heavy atom. The summed E-state index contributed by atoms with van der Waals surface area (Å²) in [5, 5.41) is 0. The van der Waals surface area contributed by atoms with E-state index in [4.69, 9.17) is 14.4 Å². The Bertz CT molecular complexity index is 59.1. The van der Waals surface area contributed by atoms with E-state index >= 15 is 0 Å². The maximum Gasteiger partial charge on any atom is 1.00 e. The maximum absolute atomic E-state index is 10.1. The summed E-state index contributed by atoms with van der Waals surface area (Å²) < 4.78 is 18.6. The largest absolute Gasteiger partial charge is 1.00 e. The van der Waals surface area contributed by atoms with E-state index in [9.17, 15) is 4.20 Å². The minimum atomic E-state index is -5.64. The van der Waals surface area contributed by atoms with Crippen LogP contribution in [0.25, 0.3) is 0 Å². The topological polar surface area (TPSA) is 63.2 Å². The Labute approximate surface area is 60.9 Å². The van der Waals surface area contributed by atoms with Gasteiger partial charge in [0.25, 0.3) is 0 Å². The predicted molar refractivity (Wildman–Crippen MR) is 8.71 cm³/mol. The van der Waals surface area contributed by atoms with Gasteiger partial charge in [0.2, 0.25) is 0 Å². The van der Waals surface area contributed by atoms with Gasteiger partial charge < -0.3 is 14.4 Å². The molecule has 0 aromatic rings. The van der Waals surface area contributed by atoms with Gasteiger partial charge in [-0.25, -0.2) is 4.20 Å². The molecule has 0 N–H and O–H groups in total. The SMILES string of the molecule is O=P([O-])([O-])F.[Cu+].[Cu+]. The van der Waals surface area contributed by atoms with Gasteiger partial charge in [-0.05, 0) is 0 Å². The van der Waals surface area contributed by atoms with E-state index in [2.05, 4.69) is 0 Å². The zero-order valence-corrected chi connectivity index (χ0v) is 5.43. The Kier molecular flexibility index (Phi) is 11.8. The molecule has 0 aromatic carbocycles. The van der Waals surface area contributed by atoms with Crippen molar-refractivity contribution >= 4 is 7.91 Å². The summed E-state index contributed by atoms with van der Waals surface area (Å²) in [5.74, 6) is 0. The van der Waals surface area contributed by atoms with Crippen molar-refractivity contribution in [1.29, 1.82) is 0 Å². The fraction of sp³-hybridized carbons (Fsp3) is 0. The molecule has 0 spiro atoms. The number of hydrogen-bond donors (Lipinski definition) is 0. The van der Waals surface area contributed by atoms with Gasteiger partial charge in [-0.15, -0.1) is 0 Å². The zero-order valence-electron chi connectivity index (χ0n) is 2.65. The third kappa shape index (κ3) is 149. The van der Waals surface area contributed by atoms with Crippen LogP contribution in [0.15, 0.2) is 0 Å². The first-order valence-electron chi connectivity index (χ1n) is 0.717. The molecule has 0 saturated carbocycles. The summed E-state index contributed by atoms with van der Waals surface area (Å²) in [6.45, 7) is 0. The summed E-state index contributed by atoms with van der Waals surface area (Å²) in [6.07, 6.45) is 0. The molecule has 0 heterocycles. The first-order chi connectivity index (χ1) is 2.00. The average Bonchev–Trinajstić information content (AvgIpc) is 0.722. The van der Waals surface area contributed by atoms with Gasteiger partial charge >= 0.3 is 34.1 Å². The summed E-state index contributed by atoms with van der Waals surface area (Å²) >= 11 is 0. The zero-order chi connectivity index (χ0) is 4.50. The standard InChI is InChI=1S/2Cu.FH2O3P/c;;1-5(2,3)4/h;;(H2,2,3,4)/q2*+1;/p-2. The molecular weight excluding hydrogens is 225 g/mol. The second-order valence-electron chi connectivity index (χ2n) is 0.431. The number of halogens is 1. The molecule has 0 aliphatic heterocycles. The van der Waals surface area contributed by atoms with Crippen LogP contribution >= 0.6 is 7.91 Å². The van der Waals surface area contributed by atoms with E-state index < -0.39 is 7.91 Å². The summed E-state index contributed by atoms with van der Waals surface area (Å²) in [5.41, 5.74) is 0. The van der Waals surface area contributed by atoms with Crippen LogP contribution in [-0.4, -0.2) is 0 Å². The molecule has 0 fully saturated rings. The first-order valence-corrected chi connectivity index (χ1v) is 2.15. The Morgan fingerprint density at radius 3 is 1.29 bits per heavy atom. The van der Waals surface area contributed by atoms with E-state index in [-0.39, 0.29) is 34.1 Å². The fourth-order valence-electron chi connectivity index (χ4n) is 0. The Morgan fingerprint density at radius 2 is 1.29 bits per heavy atom. The number of rotatable bonds is 0. The molecule has 0 amide bonds. The second-order valence-corrected chi connectivity index (χ2v) is 1.29. The van der Waals surface area contributed by atoms with E-state index in [0.29, 0.717) is 0 Å². The maximum atomic E-state index is 10.1. The molecule has 3 nitrogen and oxygen atoms in total. The molecule has 7 heteroatoms. The van der Waals surface area contributed by atoms with Gasteiger partial charge in [0.15, 0.2) is 0 Å². The second kappa shape index (κ2) is 5.26. The molecule has 0 radical (unpaired) electrons. The third-order valence-corrected chi connectivity index (χ3v) is 0. The van der Waals surface area contributed by atoms with Crippen molar-refractivity contribution in [2.45, 2.75) is 0 Å². The van der Waals surface area contributed by atoms with E-state index in [0.717, 1.165) is 0 Å². The normalized spacial score (nSPS) is 8.43. The van der Waals surface area contributed by atoms with Crippen LogP contribution in [0, 0.1) is 0 Å². The van der Waals surface area contributed by atoms with Crippen molar-refractivity contribution in [2.24, 2.45) is 0 Å². The molecule has 0 saturated heterocycles. The van der Waals surface area contributed by atoms with Crippen LogP contribution < -0.4 is 9.79 Å². The third-order valence-electron chi connectivity index (χ3n) is 0. The minimum Gasteiger partial charge on any atom is -0.786 e. The van der Waals surface area contributed by atoms with Crippen LogP contribution in [0.1, 0.15) is 0 Å². The van der Waals surface area contributed by atoms with Crippen LogP contribution in [0.3, 0.4) is 0 Å². The van der Waals surface area contributed by atoms with E-state index in [1.54, 1.807) is 0 Å². The fourth-order valence-corrected chi connectivity index (χ4v) is 0. The van der Waals surface area contributed by atoms with Gasteiger partial charge in [-0.3, -0.25) is 0 Å². The Balaban J connectivity index is -0.0000000800. The van der Waals surface area contributed by atoms with Crippen molar-refractivity contribution in [3.05, 3.63) is 0 Å². The van der Waals surface area contributed by atoms with Gasteiger partial charge in [0, 0.05) is 0 Å². The number of hydrogen-bond acceptors (Lipinski definition) is 3. The summed E-state index contributed by atoms with van der Waals surface area (Å²) in [7, 11) is -5.64. The molecular formula is Cu2FO3P.